The average molecular weight is 491 g/mol. The van der Waals surface area contributed by atoms with Crippen molar-refractivity contribution in [2.75, 3.05) is 67.3 Å². The normalized spacial score (nSPS) is 15.6. The number of halogens is 1. The second-order valence-corrected chi connectivity index (χ2v) is 9.21. The molecule has 3 aromatic rings. The zero-order valence-electron chi connectivity index (χ0n) is 20.8. The molecule has 1 fully saturated rings. The molecular formula is C27H31FN6O2. The lowest BCUT2D eigenvalue weighted by molar-refractivity contribution is -0.116. The fraction of sp³-hybridized carbons (Fsp3) is 0.333. The number of nitrogens with zero attached hydrogens (tertiary/aromatic N) is 4. The number of anilines is 6. The van der Waals surface area contributed by atoms with E-state index < -0.39 is 5.82 Å². The number of methoxy groups -OCH3 is 1. The van der Waals surface area contributed by atoms with Gasteiger partial charge in [-0.1, -0.05) is 12.1 Å². The van der Waals surface area contributed by atoms with Crippen molar-refractivity contribution >= 4 is 40.2 Å². The molecule has 2 aliphatic rings. The topological polar surface area (TPSA) is 73.0 Å². The van der Waals surface area contributed by atoms with E-state index in [2.05, 4.69) is 38.5 Å². The van der Waals surface area contributed by atoms with E-state index in [1.165, 1.54) is 6.20 Å². The summed E-state index contributed by atoms with van der Waals surface area (Å²) >= 11 is 0. The van der Waals surface area contributed by atoms with E-state index in [0.717, 1.165) is 55.2 Å². The van der Waals surface area contributed by atoms with Gasteiger partial charge in [-0.15, -0.1) is 0 Å². The number of carbonyl (C=O) groups is 1. The Hall–Kier alpha value is -3.85. The molecule has 9 heteroatoms. The van der Waals surface area contributed by atoms with Gasteiger partial charge in [0.2, 0.25) is 5.91 Å². The van der Waals surface area contributed by atoms with Crippen molar-refractivity contribution < 1.29 is 13.9 Å². The van der Waals surface area contributed by atoms with Crippen LogP contribution < -0.4 is 25.2 Å². The van der Waals surface area contributed by atoms with Gasteiger partial charge in [0, 0.05) is 57.5 Å². The number of likely N-dealkylation sites (N-methyl/N-ethyl adjacent to an activating group) is 1. The molecule has 0 atom stereocenters. The van der Waals surface area contributed by atoms with Crippen molar-refractivity contribution in [2.45, 2.75) is 13.3 Å². The number of nitrogens with one attached hydrogen (secondary N) is 2. The predicted molar refractivity (Wildman–Crippen MR) is 142 cm³/mol. The molecule has 1 amide bonds. The lowest BCUT2D eigenvalue weighted by atomic mass is 10.1. The fourth-order valence-corrected chi connectivity index (χ4v) is 4.80. The largest absolute Gasteiger partial charge is 0.494 e. The van der Waals surface area contributed by atoms with Crippen LogP contribution >= 0.6 is 0 Å². The summed E-state index contributed by atoms with van der Waals surface area (Å²) in [6.07, 6.45) is 1.96. The Kier molecular flexibility index (Phi) is 6.65. The minimum Gasteiger partial charge on any atom is -0.494 e. The molecule has 0 unspecified atom stereocenters. The number of piperazine rings is 1. The Labute approximate surface area is 210 Å². The highest BCUT2D eigenvalue weighted by atomic mass is 19.1. The fourth-order valence-electron chi connectivity index (χ4n) is 4.80. The first kappa shape index (κ1) is 23.9. The van der Waals surface area contributed by atoms with Crippen molar-refractivity contribution in [3.63, 3.8) is 0 Å². The molecule has 2 aliphatic heterocycles. The van der Waals surface area contributed by atoms with E-state index in [0.29, 0.717) is 23.8 Å². The van der Waals surface area contributed by atoms with Crippen LogP contribution in [0, 0.1) is 5.82 Å². The Morgan fingerprint density at radius 1 is 1.00 bits per heavy atom. The standard InChI is InChI=1S/C27H31FN6O2/c1-18(35)34-10-9-19-5-4-6-23(27(19)34)30-24-16-26(29-17-21(24)28)31-22-8-7-20(15-25(22)36-3)33-13-11-32(2)12-14-33/h4-8,15-17H,9-14H2,1-3H3,(H2,29,30,31). The first-order valence-electron chi connectivity index (χ1n) is 12.1. The van der Waals surface area contributed by atoms with E-state index in [1.807, 2.05) is 30.3 Å². The highest BCUT2D eigenvalue weighted by molar-refractivity contribution is 5.98. The summed E-state index contributed by atoms with van der Waals surface area (Å²) in [7, 11) is 3.77. The molecule has 0 saturated carbocycles. The number of hydrogen-bond acceptors (Lipinski definition) is 7. The summed E-state index contributed by atoms with van der Waals surface area (Å²) in [6.45, 7) is 6.14. The highest BCUT2D eigenvalue weighted by Crippen LogP contribution is 2.38. The van der Waals surface area contributed by atoms with Gasteiger partial charge in [0.15, 0.2) is 5.82 Å². The van der Waals surface area contributed by atoms with Gasteiger partial charge in [-0.05, 0) is 37.2 Å². The maximum absolute atomic E-state index is 14.8. The van der Waals surface area contributed by atoms with E-state index in [-0.39, 0.29) is 11.6 Å². The first-order valence-corrected chi connectivity index (χ1v) is 12.1. The molecule has 0 radical (unpaired) electrons. The SMILES string of the molecule is COc1cc(N2CCN(C)CC2)ccc1Nc1cc(Nc2cccc3c2N(C(C)=O)CC3)c(F)cn1. The minimum absolute atomic E-state index is 0.0346. The van der Waals surface area contributed by atoms with Gasteiger partial charge < -0.3 is 30.1 Å². The van der Waals surface area contributed by atoms with E-state index in [9.17, 15) is 9.18 Å². The van der Waals surface area contributed by atoms with Crippen molar-refractivity contribution in [1.29, 1.82) is 0 Å². The zero-order valence-corrected chi connectivity index (χ0v) is 20.8. The molecule has 2 N–H and O–H groups in total. The number of aromatic nitrogens is 1. The van der Waals surface area contributed by atoms with Crippen LogP contribution in [-0.2, 0) is 11.2 Å². The Morgan fingerprint density at radius 3 is 2.56 bits per heavy atom. The molecule has 8 nitrogen and oxygen atoms in total. The number of pyridine rings is 1. The number of fused-ring (bicyclic) bond motifs is 1. The van der Waals surface area contributed by atoms with Gasteiger partial charge in [-0.25, -0.2) is 9.37 Å². The van der Waals surface area contributed by atoms with E-state index in [4.69, 9.17) is 4.74 Å². The summed E-state index contributed by atoms with van der Waals surface area (Å²) in [5, 5.41) is 6.44. The van der Waals surface area contributed by atoms with Crippen LogP contribution in [-0.4, -0.2) is 62.7 Å². The maximum Gasteiger partial charge on any atom is 0.223 e. The lowest BCUT2D eigenvalue weighted by Crippen LogP contribution is -2.44. The molecule has 0 bridgehead atoms. The molecule has 5 rings (SSSR count). The number of para-hydroxylation sites is 1. The van der Waals surface area contributed by atoms with Crippen LogP contribution in [0.3, 0.4) is 0 Å². The summed E-state index contributed by atoms with van der Waals surface area (Å²) in [5.74, 6) is 0.640. The van der Waals surface area contributed by atoms with Crippen molar-refractivity contribution in [1.82, 2.24) is 9.88 Å². The van der Waals surface area contributed by atoms with Gasteiger partial charge in [-0.3, -0.25) is 4.79 Å². The summed E-state index contributed by atoms with van der Waals surface area (Å²) < 4.78 is 20.4. The molecular weight excluding hydrogens is 459 g/mol. The molecule has 0 spiro atoms. The number of hydrogen-bond donors (Lipinski definition) is 2. The lowest BCUT2D eigenvalue weighted by Gasteiger charge is -2.34. The summed E-state index contributed by atoms with van der Waals surface area (Å²) in [4.78, 5) is 22.7. The maximum atomic E-state index is 14.8. The number of amides is 1. The minimum atomic E-state index is -0.483. The predicted octanol–water partition coefficient (Wildman–Crippen LogP) is 4.38. The number of ether oxygens (including phenoxy) is 1. The number of rotatable bonds is 6. The number of benzene rings is 2. The van der Waals surface area contributed by atoms with Crippen LogP contribution in [0.25, 0.3) is 0 Å². The van der Waals surface area contributed by atoms with Crippen molar-refractivity contribution in [2.24, 2.45) is 0 Å². The van der Waals surface area contributed by atoms with Crippen LogP contribution in [0.2, 0.25) is 0 Å². The third-order valence-electron chi connectivity index (χ3n) is 6.82. The first-order chi connectivity index (χ1) is 17.4. The van der Waals surface area contributed by atoms with Gasteiger partial charge in [0.1, 0.15) is 11.6 Å². The molecule has 0 aliphatic carbocycles. The number of carbonyl (C=O) groups excluding carboxylic acids is 1. The highest BCUT2D eigenvalue weighted by Gasteiger charge is 2.25. The monoisotopic (exact) mass is 490 g/mol. The van der Waals surface area contributed by atoms with Crippen molar-refractivity contribution in [3.8, 4) is 5.75 Å². The third-order valence-corrected chi connectivity index (χ3v) is 6.82. The summed E-state index contributed by atoms with van der Waals surface area (Å²) in [5.41, 5.74) is 4.66. The second-order valence-electron chi connectivity index (χ2n) is 9.21. The second kappa shape index (κ2) is 10.0. The Bertz CT molecular complexity index is 1280. The molecule has 188 valence electrons. The Balaban J connectivity index is 1.38. The quantitative estimate of drug-likeness (QED) is 0.531. The van der Waals surface area contributed by atoms with E-state index >= 15 is 0 Å². The molecule has 1 aromatic heterocycles. The molecule has 36 heavy (non-hydrogen) atoms. The molecule has 1 saturated heterocycles. The molecule has 2 aromatic carbocycles. The van der Waals surface area contributed by atoms with Crippen LogP contribution in [0.4, 0.5) is 38.6 Å². The van der Waals surface area contributed by atoms with Gasteiger partial charge >= 0.3 is 0 Å². The van der Waals surface area contributed by atoms with E-state index in [1.54, 1.807) is 25.0 Å². The van der Waals surface area contributed by atoms with Crippen LogP contribution in [0.5, 0.6) is 5.75 Å². The van der Waals surface area contributed by atoms with Crippen LogP contribution in [0.1, 0.15) is 12.5 Å². The third kappa shape index (κ3) is 4.79. The van der Waals surface area contributed by atoms with Gasteiger partial charge in [0.25, 0.3) is 0 Å². The van der Waals surface area contributed by atoms with Crippen molar-refractivity contribution in [3.05, 3.63) is 60.0 Å². The smallest absolute Gasteiger partial charge is 0.223 e. The zero-order chi connectivity index (χ0) is 25.2. The Morgan fingerprint density at radius 2 is 1.81 bits per heavy atom. The summed E-state index contributed by atoms with van der Waals surface area (Å²) in [6, 6.07) is 13.4. The molecule has 3 heterocycles. The van der Waals surface area contributed by atoms with Crippen LogP contribution in [0.15, 0.2) is 48.7 Å². The van der Waals surface area contributed by atoms with Gasteiger partial charge in [0.05, 0.1) is 36.1 Å². The average Bonchev–Trinajstić information content (AvgIpc) is 3.32. The van der Waals surface area contributed by atoms with Gasteiger partial charge in [-0.2, -0.15) is 0 Å².